The molecule has 1 saturated heterocycles. The minimum absolute atomic E-state index is 0.164. The molecule has 1 fully saturated rings. The molecule has 1 unspecified atom stereocenters. The highest BCUT2D eigenvalue weighted by atomic mass is 35.5. The highest BCUT2D eigenvalue weighted by molar-refractivity contribution is 6.35. The smallest absolute Gasteiger partial charge is 0.338 e. The van der Waals surface area contributed by atoms with Gasteiger partial charge in [0, 0.05) is 16.1 Å². The van der Waals surface area contributed by atoms with Crippen LogP contribution in [-0.4, -0.2) is 30.0 Å². The lowest BCUT2D eigenvalue weighted by Crippen LogP contribution is -2.46. The van der Waals surface area contributed by atoms with E-state index >= 15 is 0 Å². The zero-order valence-electron chi connectivity index (χ0n) is 19.0. The number of ether oxygens (including phenoxy) is 3. The average Bonchev–Trinajstić information content (AvgIpc) is 3.14. The van der Waals surface area contributed by atoms with Crippen LogP contribution in [0.2, 0.25) is 10.0 Å². The van der Waals surface area contributed by atoms with Gasteiger partial charge in [0.25, 0.3) is 0 Å². The predicted molar refractivity (Wildman–Crippen MR) is 134 cm³/mol. The van der Waals surface area contributed by atoms with E-state index in [1.165, 1.54) is 0 Å². The molecule has 0 bridgehead atoms. The van der Waals surface area contributed by atoms with Crippen molar-refractivity contribution in [2.24, 2.45) is 5.73 Å². The van der Waals surface area contributed by atoms with Crippen LogP contribution >= 0.6 is 23.2 Å². The van der Waals surface area contributed by atoms with Crippen molar-refractivity contribution in [1.29, 1.82) is 0 Å². The second-order valence-electron chi connectivity index (χ2n) is 8.84. The minimum Gasteiger partial charge on any atom is -0.459 e. The van der Waals surface area contributed by atoms with E-state index in [1.807, 2.05) is 66.7 Å². The molecular formula is C27H27Cl2NO4. The summed E-state index contributed by atoms with van der Waals surface area (Å²) < 4.78 is 17.4. The van der Waals surface area contributed by atoms with Gasteiger partial charge >= 0.3 is 5.97 Å². The molecule has 0 aromatic heterocycles. The van der Waals surface area contributed by atoms with Crippen LogP contribution in [0.5, 0.6) is 0 Å². The molecular weight excluding hydrogens is 473 g/mol. The average molecular weight is 500 g/mol. The zero-order chi connectivity index (χ0) is 24.3. The number of nitrogens with two attached hydrogens (primary N) is 1. The molecule has 1 aliphatic rings. The van der Waals surface area contributed by atoms with Crippen molar-refractivity contribution < 1.29 is 19.0 Å². The molecule has 34 heavy (non-hydrogen) atoms. The summed E-state index contributed by atoms with van der Waals surface area (Å²) in [5.74, 6) is -1.42. The van der Waals surface area contributed by atoms with E-state index in [0.29, 0.717) is 16.5 Å². The molecule has 4 rings (SSSR count). The van der Waals surface area contributed by atoms with Crippen LogP contribution in [0.25, 0.3) is 11.1 Å². The van der Waals surface area contributed by atoms with Gasteiger partial charge in [-0.05, 0) is 60.7 Å². The number of rotatable bonds is 7. The predicted octanol–water partition coefficient (Wildman–Crippen LogP) is 5.79. The number of esters is 1. The summed E-state index contributed by atoms with van der Waals surface area (Å²) in [7, 11) is 0. The molecule has 0 saturated carbocycles. The van der Waals surface area contributed by atoms with E-state index in [9.17, 15) is 4.79 Å². The standard InChI is InChI=1S/C27H27Cl2NO4/c1-27(2)33-24(25(34-27)26(31)32-16-18-6-4-3-5-7-18)23(30)12-17-8-10-19(11-9-17)20-13-21(28)15-22(29)14-20/h3-11,13-15,23-25H,12,16,30H2,1-2H3/t23-,24-,25?/m1/s1. The Labute approximate surface area is 209 Å². The fourth-order valence-corrected chi connectivity index (χ4v) is 4.56. The number of benzene rings is 3. The lowest BCUT2D eigenvalue weighted by Gasteiger charge is -2.23. The highest BCUT2D eigenvalue weighted by Crippen LogP contribution is 2.32. The summed E-state index contributed by atoms with van der Waals surface area (Å²) in [6.07, 6.45) is -1.03. The summed E-state index contributed by atoms with van der Waals surface area (Å²) in [4.78, 5) is 12.8. The second kappa shape index (κ2) is 10.5. The summed E-state index contributed by atoms with van der Waals surface area (Å²) in [5.41, 5.74) is 10.3. The Morgan fingerprint density at radius 2 is 1.59 bits per heavy atom. The number of carbonyl (C=O) groups is 1. The minimum atomic E-state index is -0.936. The van der Waals surface area contributed by atoms with Crippen molar-refractivity contribution in [1.82, 2.24) is 0 Å². The zero-order valence-corrected chi connectivity index (χ0v) is 20.6. The number of halogens is 2. The van der Waals surface area contributed by atoms with Gasteiger partial charge in [0.2, 0.25) is 0 Å². The van der Waals surface area contributed by atoms with E-state index in [0.717, 1.165) is 22.3 Å². The van der Waals surface area contributed by atoms with E-state index in [2.05, 4.69) is 0 Å². The monoisotopic (exact) mass is 499 g/mol. The van der Waals surface area contributed by atoms with Gasteiger partial charge in [-0.1, -0.05) is 77.8 Å². The van der Waals surface area contributed by atoms with E-state index in [1.54, 1.807) is 19.9 Å². The molecule has 0 amide bonds. The van der Waals surface area contributed by atoms with Crippen LogP contribution in [0.1, 0.15) is 25.0 Å². The SMILES string of the molecule is CC1(C)OC(C(=O)OCc2ccccc2)[C@@H]([C@H](N)Cc2ccc(-c3cc(Cl)cc(Cl)c3)cc2)O1. The van der Waals surface area contributed by atoms with Crippen molar-refractivity contribution in [2.75, 3.05) is 0 Å². The number of hydrogen-bond donors (Lipinski definition) is 1. The Hall–Kier alpha value is -2.41. The lowest BCUT2D eigenvalue weighted by atomic mass is 9.96. The molecule has 0 spiro atoms. The quantitative estimate of drug-likeness (QED) is 0.416. The van der Waals surface area contributed by atoms with Gasteiger partial charge in [-0.2, -0.15) is 0 Å². The first-order valence-corrected chi connectivity index (χ1v) is 11.8. The largest absolute Gasteiger partial charge is 0.459 e. The molecule has 178 valence electrons. The van der Waals surface area contributed by atoms with Crippen LogP contribution in [0, 0.1) is 0 Å². The first-order valence-electron chi connectivity index (χ1n) is 11.1. The Morgan fingerprint density at radius 1 is 0.941 bits per heavy atom. The molecule has 3 aromatic rings. The van der Waals surface area contributed by atoms with E-state index < -0.39 is 30.0 Å². The van der Waals surface area contributed by atoms with Crippen LogP contribution in [0.15, 0.2) is 72.8 Å². The van der Waals surface area contributed by atoms with Gasteiger partial charge in [-0.25, -0.2) is 4.79 Å². The maximum absolute atomic E-state index is 12.8. The van der Waals surface area contributed by atoms with Gasteiger partial charge in [0.1, 0.15) is 12.7 Å². The molecule has 2 N–H and O–H groups in total. The molecule has 3 atom stereocenters. The molecule has 7 heteroatoms. The fraction of sp³-hybridized carbons (Fsp3) is 0.296. The van der Waals surface area contributed by atoms with Crippen molar-refractivity contribution in [2.45, 2.75) is 50.9 Å². The number of hydrogen-bond acceptors (Lipinski definition) is 5. The third-order valence-electron chi connectivity index (χ3n) is 5.63. The lowest BCUT2D eigenvalue weighted by molar-refractivity contribution is -0.171. The molecule has 1 aliphatic heterocycles. The van der Waals surface area contributed by atoms with Gasteiger partial charge in [0.05, 0.1) is 0 Å². The van der Waals surface area contributed by atoms with Crippen molar-refractivity contribution in [3.05, 3.63) is 94.0 Å². The van der Waals surface area contributed by atoms with Crippen LogP contribution < -0.4 is 5.73 Å². The first kappa shape index (κ1) is 24.7. The van der Waals surface area contributed by atoms with Crippen LogP contribution in [0.4, 0.5) is 0 Å². The van der Waals surface area contributed by atoms with E-state index in [4.69, 9.17) is 43.1 Å². The van der Waals surface area contributed by atoms with Gasteiger partial charge in [0.15, 0.2) is 11.9 Å². The Balaban J connectivity index is 1.42. The van der Waals surface area contributed by atoms with E-state index in [-0.39, 0.29) is 6.61 Å². The third-order valence-corrected chi connectivity index (χ3v) is 6.06. The summed E-state index contributed by atoms with van der Waals surface area (Å²) in [6, 6.07) is 22.4. The van der Waals surface area contributed by atoms with Gasteiger partial charge in [-0.3, -0.25) is 0 Å². The van der Waals surface area contributed by atoms with Gasteiger partial charge < -0.3 is 19.9 Å². The third kappa shape index (κ3) is 6.17. The van der Waals surface area contributed by atoms with Crippen LogP contribution in [-0.2, 0) is 32.0 Å². The second-order valence-corrected chi connectivity index (χ2v) is 9.71. The Morgan fingerprint density at radius 3 is 2.24 bits per heavy atom. The highest BCUT2D eigenvalue weighted by Gasteiger charge is 2.48. The Bertz CT molecular complexity index is 1110. The van der Waals surface area contributed by atoms with Gasteiger partial charge in [-0.15, -0.1) is 0 Å². The molecule has 0 radical (unpaired) electrons. The topological polar surface area (TPSA) is 70.8 Å². The maximum Gasteiger partial charge on any atom is 0.338 e. The summed E-state index contributed by atoms with van der Waals surface area (Å²) in [5, 5.41) is 1.17. The molecule has 1 heterocycles. The molecule has 5 nitrogen and oxygen atoms in total. The maximum atomic E-state index is 12.8. The summed E-state index contributed by atoms with van der Waals surface area (Å²) >= 11 is 12.3. The first-order chi connectivity index (χ1) is 16.2. The molecule has 0 aliphatic carbocycles. The van der Waals surface area contributed by atoms with Crippen molar-refractivity contribution >= 4 is 29.2 Å². The van der Waals surface area contributed by atoms with Crippen molar-refractivity contribution in [3.63, 3.8) is 0 Å². The normalized spacial score (nSPS) is 20.1. The summed E-state index contributed by atoms with van der Waals surface area (Å²) in [6.45, 7) is 3.70. The number of carbonyl (C=O) groups excluding carboxylic acids is 1. The molecule has 3 aromatic carbocycles. The van der Waals surface area contributed by atoms with Crippen molar-refractivity contribution in [3.8, 4) is 11.1 Å². The fourth-order valence-electron chi connectivity index (χ4n) is 4.04. The Kier molecular flexibility index (Phi) is 7.60. The van der Waals surface area contributed by atoms with Crippen LogP contribution in [0.3, 0.4) is 0 Å².